The van der Waals surface area contributed by atoms with Gasteiger partial charge >= 0.3 is 0 Å². The molecule has 1 saturated heterocycles. The maximum absolute atomic E-state index is 12.7. The van der Waals surface area contributed by atoms with Crippen molar-refractivity contribution in [3.63, 3.8) is 0 Å². The van der Waals surface area contributed by atoms with Gasteiger partial charge in [-0.3, -0.25) is 9.59 Å². The van der Waals surface area contributed by atoms with Gasteiger partial charge in [-0.2, -0.15) is 4.98 Å². The molecular formula is C20H30N4O4. The Bertz CT molecular complexity index is 730. The highest BCUT2D eigenvalue weighted by atomic mass is 16.5. The van der Waals surface area contributed by atoms with Crippen LogP contribution in [0.1, 0.15) is 56.7 Å². The summed E-state index contributed by atoms with van der Waals surface area (Å²) in [5.41, 5.74) is -0.380. The number of rotatable bonds is 5. The van der Waals surface area contributed by atoms with Crippen LogP contribution in [-0.2, 0) is 19.7 Å². The van der Waals surface area contributed by atoms with Crippen LogP contribution in [0, 0.1) is 18.8 Å². The van der Waals surface area contributed by atoms with Crippen molar-refractivity contribution in [2.75, 3.05) is 26.8 Å². The van der Waals surface area contributed by atoms with Gasteiger partial charge in [-0.1, -0.05) is 24.4 Å². The molecule has 8 heteroatoms. The maximum atomic E-state index is 12.7. The Hall–Kier alpha value is -1.96. The van der Waals surface area contributed by atoms with Gasteiger partial charge < -0.3 is 19.5 Å². The quantitative estimate of drug-likeness (QED) is 0.820. The van der Waals surface area contributed by atoms with Gasteiger partial charge in [0.25, 0.3) is 0 Å². The van der Waals surface area contributed by atoms with Gasteiger partial charge in [-0.05, 0) is 38.5 Å². The summed E-state index contributed by atoms with van der Waals surface area (Å²) in [6.45, 7) is 3.06. The molecule has 4 rings (SSSR count). The Morgan fingerprint density at radius 3 is 2.79 bits per heavy atom. The first-order valence-electron chi connectivity index (χ1n) is 10.4. The molecule has 0 bridgehead atoms. The van der Waals surface area contributed by atoms with E-state index in [0.717, 1.165) is 38.5 Å². The molecule has 2 amide bonds. The summed E-state index contributed by atoms with van der Waals surface area (Å²) >= 11 is 0. The molecule has 3 aliphatic rings. The molecule has 1 aliphatic heterocycles. The van der Waals surface area contributed by atoms with Crippen LogP contribution in [0.15, 0.2) is 4.52 Å². The molecule has 1 N–H and O–H groups in total. The second-order valence-corrected chi connectivity index (χ2v) is 8.69. The van der Waals surface area contributed by atoms with Gasteiger partial charge in [0.1, 0.15) is 6.61 Å². The van der Waals surface area contributed by atoms with E-state index in [1.54, 1.807) is 6.92 Å². The zero-order chi connectivity index (χ0) is 19.7. The number of ether oxygens (including phenoxy) is 1. The SMILES string of the molecule is COCC(=O)N1C[C@@H]2C[C@@H](NC(=O)C3CCCCC3)C[C@]2(c2nc(C)no2)C1. The monoisotopic (exact) mass is 390 g/mol. The Balaban J connectivity index is 1.49. The van der Waals surface area contributed by atoms with E-state index in [9.17, 15) is 9.59 Å². The molecule has 0 aromatic carbocycles. The number of aryl methyl sites for hydroxylation is 1. The van der Waals surface area contributed by atoms with Crippen LogP contribution >= 0.6 is 0 Å². The van der Waals surface area contributed by atoms with Crippen molar-refractivity contribution in [3.05, 3.63) is 11.7 Å². The average Bonchev–Trinajstić information content (AvgIpc) is 3.35. The van der Waals surface area contributed by atoms with Crippen LogP contribution in [0.3, 0.4) is 0 Å². The minimum Gasteiger partial charge on any atom is -0.375 e. The fraction of sp³-hybridized carbons (Fsp3) is 0.800. The third-order valence-electron chi connectivity index (χ3n) is 6.77. The minimum atomic E-state index is -0.380. The lowest BCUT2D eigenvalue weighted by molar-refractivity contribution is -0.134. The lowest BCUT2D eigenvalue weighted by atomic mass is 9.80. The van der Waals surface area contributed by atoms with Crippen molar-refractivity contribution >= 4 is 11.8 Å². The molecule has 28 heavy (non-hydrogen) atoms. The van der Waals surface area contributed by atoms with Crippen LogP contribution < -0.4 is 5.32 Å². The van der Waals surface area contributed by atoms with E-state index < -0.39 is 0 Å². The summed E-state index contributed by atoms with van der Waals surface area (Å²) in [4.78, 5) is 31.5. The topological polar surface area (TPSA) is 97.6 Å². The van der Waals surface area contributed by atoms with Crippen molar-refractivity contribution in [3.8, 4) is 0 Å². The van der Waals surface area contributed by atoms with E-state index in [2.05, 4.69) is 15.5 Å². The number of hydrogen-bond donors (Lipinski definition) is 1. The van der Waals surface area contributed by atoms with Gasteiger partial charge in [0.15, 0.2) is 5.82 Å². The molecule has 0 radical (unpaired) electrons. The lowest BCUT2D eigenvalue weighted by Crippen LogP contribution is -2.42. The molecular weight excluding hydrogens is 360 g/mol. The Morgan fingerprint density at radius 1 is 1.32 bits per heavy atom. The first kappa shape index (κ1) is 19.4. The molecule has 0 unspecified atom stereocenters. The molecule has 154 valence electrons. The number of nitrogens with zero attached hydrogens (tertiary/aromatic N) is 3. The van der Waals surface area contributed by atoms with Crippen molar-refractivity contribution < 1.29 is 18.8 Å². The number of amides is 2. The number of hydrogen-bond acceptors (Lipinski definition) is 6. The third-order valence-corrected chi connectivity index (χ3v) is 6.77. The van der Waals surface area contributed by atoms with Gasteiger partial charge in [0.05, 0.1) is 5.41 Å². The van der Waals surface area contributed by atoms with Crippen molar-refractivity contribution in [2.24, 2.45) is 11.8 Å². The molecule has 2 heterocycles. The molecule has 2 saturated carbocycles. The van der Waals surface area contributed by atoms with Crippen LogP contribution in [-0.4, -0.2) is 59.7 Å². The third kappa shape index (κ3) is 3.54. The molecule has 0 spiro atoms. The van der Waals surface area contributed by atoms with E-state index in [1.807, 2.05) is 4.90 Å². The molecule has 1 aromatic rings. The smallest absolute Gasteiger partial charge is 0.248 e. The summed E-state index contributed by atoms with van der Waals surface area (Å²) in [5.74, 6) is 1.71. The molecule has 3 fully saturated rings. The predicted molar refractivity (Wildman–Crippen MR) is 100 cm³/mol. The van der Waals surface area contributed by atoms with Crippen LogP contribution in [0.2, 0.25) is 0 Å². The minimum absolute atomic E-state index is 0.0182. The van der Waals surface area contributed by atoms with E-state index in [4.69, 9.17) is 9.26 Å². The van der Waals surface area contributed by atoms with Gasteiger partial charge in [-0.25, -0.2) is 0 Å². The van der Waals surface area contributed by atoms with Crippen LogP contribution in [0.25, 0.3) is 0 Å². The van der Waals surface area contributed by atoms with Crippen LogP contribution in [0.4, 0.5) is 0 Å². The van der Waals surface area contributed by atoms with Crippen LogP contribution in [0.5, 0.6) is 0 Å². The first-order chi connectivity index (χ1) is 13.5. The Labute approximate surface area is 165 Å². The van der Waals surface area contributed by atoms with Crippen molar-refractivity contribution in [1.29, 1.82) is 0 Å². The number of nitrogens with one attached hydrogen (secondary N) is 1. The zero-order valence-electron chi connectivity index (χ0n) is 16.8. The number of fused-ring (bicyclic) bond motifs is 1. The fourth-order valence-corrected chi connectivity index (χ4v) is 5.40. The summed E-state index contributed by atoms with van der Waals surface area (Å²) in [6.07, 6.45) is 7.08. The summed E-state index contributed by atoms with van der Waals surface area (Å²) in [5, 5.41) is 7.27. The normalized spacial score (nSPS) is 30.4. The number of carbonyl (C=O) groups excluding carboxylic acids is 2. The summed E-state index contributed by atoms with van der Waals surface area (Å²) in [7, 11) is 1.53. The first-order valence-corrected chi connectivity index (χ1v) is 10.4. The summed E-state index contributed by atoms with van der Waals surface area (Å²) in [6, 6.07) is 0.0892. The molecule has 1 aromatic heterocycles. The van der Waals surface area contributed by atoms with E-state index >= 15 is 0 Å². The number of aromatic nitrogens is 2. The number of methoxy groups -OCH3 is 1. The highest BCUT2D eigenvalue weighted by Gasteiger charge is 2.58. The van der Waals surface area contributed by atoms with Gasteiger partial charge in [-0.15, -0.1) is 0 Å². The maximum Gasteiger partial charge on any atom is 0.248 e. The van der Waals surface area contributed by atoms with E-state index in [-0.39, 0.29) is 41.7 Å². The Morgan fingerprint density at radius 2 is 2.11 bits per heavy atom. The van der Waals surface area contributed by atoms with Gasteiger partial charge in [0, 0.05) is 32.2 Å². The average molecular weight is 390 g/mol. The zero-order valence-corrected chi connectivity index (χ0v) is 16.8. The number of likely N-dealkylation sites (tertiary alicyclic amines) is 1. The fourth-order valence-electron chi connectivity index (χ4n) is 5.40. The summed E-state index contributed by atoms with van der Waals surface area (Å²) < 4.78 is 10.6. The van der Waals surface area contributed by atoms with Crippen molar-refractivity contribution in [2.45, 2.75) is 63.3 Å². The highest BCUT2D eigenvalue weighted by molar-refractivity contribution is 5.79. The lowest BCUT2D eigenvalue weighted by Gasteiger charge is -2.26. The standard InChI is InChI=1S/C20H30N4O4/c1-13-21-19(28-23-13)20-9-16(22-18(26)14-6-4-3-5-7-14)8-15(20)10-24(12-20)17(25)11-27-2/h14-16H,3-12H2,1-2H3,(H,22,26)/t15-,16+,20-/m0/s1. The van der Waals surface area contributed by atoms with Gasteiger partial charge in [0.2, 0.25) is 17.7 Å². The second kappa shape index (κ2) is 7.81. The number of carbonyl (C=O) groups is 2. The van der Waals surface area contributed by atoms with E-state index in [0.29, 0.717) is 24.8 Å². The highest BCUT2D eigenvalue weighted by Crippen LogP contribution is 2.50. The van der Waals surface area contributed by atoms with E-state index in [1.165, 1.54) is 13.5 Å². The molecule has 8 nitrogen and oxygen atoms in total. The second-order valence-electron chi connectivity index (χ2n) is 8.69. The Kier molecular flexibility index (Phi) is 5.40. The largest absolute Gasteiger partial charge is 0.375 e. The van der Waals surface area contributed by atoms with Crippen molar-refractivity contribution in [1.82, 2.24) is 20.4 Å². The molecule has 2 aliphatic carbocycles. The molecule has 3 atom stereocenters. The predicted octanol–water partition coefficient (Wildman–Crippen LogP) is 1.58.